The lowest BCUT2D eigenvalue weighted by Crippen LogP contribution is -2.26. The van der Waals surface area contributed by atoms with Gasteiger partial charge in [0.1, 0.15) is 0 Å². The van der Waals surface area contributed by atoms with Gasteiger partial charge in [-0.15, -0.1) is 11.8 Å². The van der Waals surface area contributed by atoms with Gasteiger partial charge in [-0.25, -0.2) is 4.79 Å². The van der Waals surface area contributed by atoms with E-state index >= 15 is 0 Å². The zero-order chi connectivity index (χ0) is 22.6. The summed E-state index contributed by atoms with van der Waals surface area (Å²) in [6, 6.07) is 34.0. The van der Waals surface area contributed by atoms with Gasteiger partial charge in [-0.05, 0) is 47.4 Å². The van der Waals surface area contributed by atoms with Crippen LogP contribution in [0.2, 0.25) is 5.02 Å². The molecule has 0 fully saturated rings. The van der Waals surface area contributed by atoms with Crippen molar-refractivity contribution in [3.05, 3.63) is 142 Å². The Balaban J connectivity index is 1.90. The summed E-state index contributed by atoms with van der Waals surface area (Å²) in [4.78, 5) is 11.5. The maximum atomic E-state index is 11.5. The predicted molar refractivity (Wildman–Crippen MR) is 134 cm³/mol. The number of hydrogen-bond acceptors (Lipinski definition) is 2. The van der Waals surface area contributed by atoms with Crippen molar-refractivity contribution in [2.75, 3.05) is 0 Å². The smallest absolute Gasteiger partial charge is 0.335 e. The molecule has 2 nitrogen and oxygen atoms in total. The third-order valence-corrected chi connectivity index (χ3v) is 7.45. The molecule has 4 aromatic rings. The van der Waals surface area contributed by atoms with E-state index in [1.165, 1.54) is 5.56 Å². The number of carbonyl (C=O) groups is 1. The van der Waals surface area contributed by atoms with Crippen LogP contribution in [0.1, 0.15) is 38.2 Å². The first kappa shape index (κ1) is 22.2. The molecule has 0 aliphatic carbocycles. The van der Waals surface area contributed by atoms with Crippen molar-refractivity contribution in [3.8, 4) is 0 Å². The molecular formula is C28H23ClO2S. The Bertz CT molecular complexity index is 1220. The molecule has 0 saturated heterocycles. The van der Waals surface area contributed by atoms with Gasteiger partial charge in [-0.3, -0.25) is 0 Å². The van der Waals surface area contributed by atoms with Crippen LogP contribution in [0, 0.1) is 6.92 Å². The Morgan fingerprint density at radius 2 is 1.50 bits per heavy atom. The molecule has 4 rings (SSSR count). The summed E-state index contributed by atoms with van der Waals surface area (Å²) >= 11 is 8.54. The fraction of sp³-hybridized carbons (Fsp3) is 0.107. The molecule has 0 aromatic heterocycles. The molecule has 0 saturated carbocycles. The minimum atomic E-state index is -0.921. The highest BCUT2D eigenvalue weighted by Crippen LogP contribution is 2.51. The number of carboxylic acid groups (broad SMARTS) is 1. The van der Waals surface area contributed by atoms with E-state index in [4.69, 9.17) is 11.6 Å². The third-order valence-electron chi connectivity index (χ3n) is 5.52. The fourth-order valence-corrected chi connectivity index (χ4v) is 5.75. The SMILES string of the molecule is Cc1ccc(C(SCc2cccc(C(=O)O)c2)(c2ccccc2)c2ccccc2Cl)cc1. The van der Waals surface area contributed by atoms with E-state index < -0.39 is 10.7 Å². The second-order valence-corrected chi connectivity index (χ2v) is 9.28. The summed E-state index contributed by atoms with van der Waals surface area (Å²) in [6.07, 6.45) is 0. The number of rotatable bonds is 7. The third kappa shape index (κ3) is 4.45. The van der Waals surface area contributed by atoms with Gasteiger partial charge in [0.25, 0.3) is 0 Å². The fourth-order valence-electron chi connectivity index (χ4n) is 3.92. The van der Waals surface area contributed by atoms with Crippen molar-refractivity contribution >= 4 is 29.3 Å². The van der Waals surface area contributed by atoms with Gasteiger partial charge in [-0.1, -0.05) is 102 Å². The van der Waals surface area contributed by atoms with E-state index in [0.29, 0.717) is 16.3 Å². The van der Waals surface area contributed by atoms with Crippen LogP contribution in [0.5, 0.6) is 0 Å². The van der Waals surface area contributed by atoms with E-state index in [9.17, 15) is 9.90 Å². The molecule has 1 unspecified atom stereocenters. The first-order valence-corrected chi connectivity index (χ1v) is 11.7. The first-order valence-electron chi connectivity index (χ1n) is 10.3. The normalized spacial score (nSPS) is 12.8. The van der Waals surface area contributed by atoms with Crippen LogP contribution >= 0.6 is 23.4 Å². The van der Waals surface area contributed by atoms with Crippen LogP contribution in [0.4, 0.5) is 0 Å². The van der Waals surface area contributed by atoms with E-state index in [-0.39, 0.29) is 0 Å². The van der Waals surface area contributed by atoms with Gasteiger partial charge < -0.3 is 5.11 Å². The first-order chi connectivity index (χ1) is 15.5. The minimum absolute atomic E-state index is 0.293. The highest BCUT2D eigenvalue weighted by Gasteiger charge is 2.38. The van der Waals surface area contributed by atoms with Crippen molar-refractivity contribution in [1.82, 2.24) is 0 Å². The van der Waals surface area contributed by atoms with Crippen LogP contribution in [0.15, 0.2) is 103 Å². The van der Waals surface area contributed by atoms with Gasteiger partial charge in [-0.2, -0.15) is 0 Å². The molecule has 0 bridgehead atoms. The molecule has 160 valence electrons. The number of hydrogen-bond donors (Lipinski definition) is 1. The summed E-state index contributed by atoms with van der Waals surface area (Å²) < 4.78 is -0.563. The number of halogens is 1. The monoisotopic (exact) mass is 458 g/mol. The van der Waals surface area contributed by atoms with Crippen LogP contribution in [0.25, 0.3) is 0 Å². The lowest BCUT2D eigenvalue weighted by molar-refractivity contribution is 0.0696. The second-order valence-electron chi connectivity index (χ2n) is 7.69. The molecule has 4 aromatic carbocycles. The number of carboxylic acids is 1. The Morgan fingerprint density at radius 1 is 0.844 bits per heavy atom. The van der Waals surface area contributed by atoms with E-state index in [2.05, 4.69) is 49.4 Å². The summed E-state index contributed by atoms with van der Waals surface area (Å²) in [5.41, 5.74) is 5.69. The van der Waals surface area contributed by atoms with Crippen molar-refractivity contribution < 1.29 is 9.90 Å². The largest absolute Gasteiger partial charge is 0.478 e. The Morgan fingerprint density at radius 3 is 2.19 bits per heavy atom. The zero-order valence-electron chi connectivity index (χ0n) is 17.7. The molecule has 0 heterocycles. The van der Waals surface area contributed by atoms with Crippen LogP contribution < -0.4 is 0 Å². The Kier molecular flexibility index (Phi) is 6.69. The topological polar surface area (TPSA) is 37.3 Å². The molecule has 1 atom stereocenters. The number of aryl methyl sites for hydroxylation is 1. The van der Waals surface area contributed by atoms with Crippen molar-refractivity contribution in [2.24, 2.45) is 0 Å². The van der Waals surface area contributed by atoms with Crippen molar-refractivity contribution in [2.45, 2.75) is 17.4 Å². The summed E-state index contributed by atoms with van der Waals surface area (Å²) in [7, 11) is 0. The molecule has 0 amide bonds. The molecular weight excluding hydrogens is 436 g/mol. The van der Waals surface area contributed by atoms with Gasteiger partial charge in [0.05, 0.1) is 10.3 Å². The maximum absolute atomic E-state index is 11.5. The van der Waals surface area contributed by atoms with Gasteiger partial charge in [0, 0.05) is 10.8 Å². The molecule has 4 heteroatoms. The molecule has 0 aliphatic heterocycles. The van der Waals surface area contributed by atoms with Gasteiger partial charge >= 0.3 is 5.97 Å². The van der Waals surface area contributed by atoms with Crippen molar-refractivity contribution in [3.63, 3.8) is 0 Å². The minimum Gasteiger partial charge on any atom is -0.478 e. The number of benzene rings is 4. The molecule has 32 heavy (non-hydrogen) atoms. The summed E-state index contributed by atoms with van der Waals surface area (Å²) in [6.45, 7) is 2.08. The van der Waals surface area contributed by atoms with E-state index in [1.54, 1.807) is 30.0 Å². The van der Waals surface area contributed by atoms with Crippen LogP contribution in [-0.4, -0.2) is 11.1 Å². The lowest BCUT2D eigenvalue weighted by atomic mass is 9.83. The predicted octanol–water partition coefficient (Wildman–Crippen LogP) is 7.57. The molecule has 1 N–H and O–H groups in total. The zero-order valence-corrected chi connectivity index (χ0v) is 19.2. The quantitative estimate of drug-likeness (QED) is 0.290. The van der Waals surface area contributed by atoms with Gasteiger partial charge in [0.15, 0.2) is 0 Å². The van der Waals surface area contributed by atoms with Crippen LogP contribution in [-0.2, 0) is 10.5 Å². The average molecular weight is 459 g/mol. The standard InChI is InChI=1S/C28H23ClO2S/c1-20-14-16-24(17-15-20)28(23-10-3-2-4-11-23,25-12-5-6-13-26(25)29)32-19-21-8-7-9-22(18-21)27(30)31/h2-18H,19H2,1H3,(H,30,31). The van der Waals surface area contributed by atoms with E-state index in [1.807, 2.05) is 42.5 Å². The lowest BCUT2D eigenvalue weighted by Gasteiger charge is -2.36. The van der Waals surface area contributed by atoms with Gasteiger partial charge in [0.2, 0.25) is 0 Å². The molecule has 0 aliphatic rings. The maximum Gasteiger partial charge on any atom is 0.335 e. The Hall–Kier alpha value is -3.01. The van der Waals surface area contributed by atoms with Crippen molar-refractivity contribution in [1.29, 1.82) is 0 Å². The second kappa shape index (κ2) is 9.64. The van der Waals surface area contributed by atoms with E-state index in [0.717, 1.165) is 22.3 Å². The average Bonchev–Trinajstić information content (AvgIpc) is 2.82. The number of thioether (sulfide) groups is 1. The van der Waals surface area contributed by atoms with Crippen LogP contribution in [0.3, 0.4) is 0 Å². The summed E-state index contributed by atoms with van der Waals surface area (Å²) in [5.74, 6) is -0.300. The number of aromatic carboxylic acids is 1. The highest BCUT2D eigenvalue weighted by atomic mass is 35.5. The highest BCUT2D eigenvalue weighted by molar-refractivity contribution is 7.99. The molecule has 0 spiro atoms. The Labute approximate surface area is 197 Å². The molecule has 0 radical (unpaired) electrons. The summed E-state index contributed by atoms with van der Waals surface area (Å²) in [5, 5.41) is 10.1.